The lowest BCUT2D eigenvalue weighted by atomic mass is 10.3. The van der Waals surface area contributed by atoms with Gasteiger partial charge in [-0.1, -0.05) is 23.8 Å². The van der Waals surface area contributed by atoms with Crippen molar-refractivity contribution in [3.8, 4) is 0 Å². The van der Waals surface area contributed by atoms with Crippen LogP contribution in [0, 0.1) is 0 Å². The molecule has 1 aromatic rings. The van der Waals surface area contributed by atoms with Crippen LogP contribution in [0.3, 0.4) is 0 Å². The van der Waals surface area contributed by atoms with Gasteiger partial charge in [-0.05, 0) is 19.1 Å². The van der Waals surface area contributed by atoms with Gasteiger partial charge in [-0.3, -0.25) is 0 Å². The molecule has 3 N–H and O–H groups in total. The van der Waals surface area contributed by atoms with Crippen LogP contribution in [0.1, 0.15) is 11.8 Å². The van der Waals surface area contributed by atoms with Gasteiger partial charge in [-0.15, -0.1) is 35.3 Å². The minimum Gasteiger partial charge on any atom is -0.370 e. The first-order valence-electron chi connectivity index (χ1n) is 4.50. The number of rotatable bonds is 4. The van der Waals surface area contributed by atoms with E-state index in [1.54, 1.807) is 0 Å². The van der Waals surface area contributed by atoms with Crippen molar-refractivity contribution in [2.75, 3.05) is 6.54 Å². The standard InChI is InChI=1S/C10H14ClN3S.HI/c1-7(2)5-13-10(12)14-6-8-3-4-9(11)15-8;/h3-4H,1,5-6H2,2H3,(H3,12,13,14);1H. The third kappa shape index (κ3) is 6.34. The van der Waals surface area contributed by atoms with Crippen LogP contribution >= 0.6 is 46.9 Å². The third-order valence-corrected chi connectivity index (χ3v) is 2.82. The number of nitrogens with one attached hydrogen (secondary N) is 1. The predicted octanol–water partition coefficient (Wildman–Crippen LogP) is 3.00. The first-order chi connectivity index (χ1) is 7.08. The molecule has 90 valence electrons. The first-order valence-corrected chi connectivity index (χ1v) is 5.70. The molecule has 1 rings (SSSR count). The summed E-state index contributed by atoms with van der Waals surface area (Å²) >= 11 is 7.30. The lowest BCUT2D eigenvalue weighted by Gasteiger charge is -2.03. The van der Waals surface area contributed by atoms with E-state index in [4.69, 9.17) is 17.3 Å². The highest BCUT2D eigenvalue weighted by atomic mass is 127. The topological polar surface area (TPSA) is 50.4 Å². The highest BCUT2D eigenvalue weighted by molar-refractivity contribution is 14.0. The summed E-state index contributed by atoms with van der Waals surface area (Å²) in [5, 5.41) is 2.96. The normalized spacial score (nSPS) is 10.8. The van der Waals surface area contributed by atoms with E-state index in [-0.39, 0.29) is 24.0 Å². The molecule has 0 amide bonds. The number of nitrogens with two attached hydrogens (primary N) is 1. The van der Waals surface area contributed by atoms with Crippen molar-refractivity contribution < 1.29 is 0 Å². The molecule has 3 nitrogen and oxygen atoms in total. The van der Waals surface area contributed by atoms with Gasteiger partial charge in [-0.2, -0.15) is 0 Å². The Morgan fingerprint density at radius 3 is 2.81 bits per heavy atom. The average molecular weight is 372 g/mol. The molecule has 0 fully saturated rings. The Bertz CT molecular complexity index is 376. The quantitative estimate of drug-likeness (QED) is 0.370. The van der Waals surface area contributed by atoms with E-state index >= 15 is 0 Å². The molecule has 16 heavy (non-hydrogen) atoms. The monoisotopic (exact) mass is 371 g/mol. The zero-order valence-electron chi connectivity index (χ0n) is 9.00. The van der Waals surface area contributed by atoms with Crippen molar-refractivity contribution in [2.24, 2.45) is 10.7 Å². The molecular formula is C10H15ClIN3S. The van der Waals surface area contributed by atoms with E-state index in [0.29, 0.717) is 19.0 Å². The van der Waals surface area contributed by atoms with Crippen LogP contribution < -0.4 is 11.1 Å². The fourth-order valence-corrected chi connectivity index (χ4v) is 1.91. The van der Waals surface area contributed by atoms with Crippen molar-refractivity contribution in [1.82, 2.24) is 5.32 Å². The van der Waals surface area contributed by atoms with Crippen LogP contribution in [-0.4, -0.2) is 12.5 Å². The van der Waals surface area contributed by atoms with E-state index < -0.39 is 0 Å². The molecule has 0 aliphatic carbocycles. The number of aliphatic imine (C=N–C) groups is 1. The largest absolute Gasteiger partial charge is 0.370 e. The number of nitrogens with zero attached hydrogens (tertiary/aromatic N) is 1. The molecule has 0 unspecified atom stereocenters. The third-order valence-electron chi connectivity index (χ3n) is 1.61. The average Bonchev–Trinajstić information content (AvgIpc) is 2.58. The lowest BCUT2D eigenvalue weighted by molar-refractivity contribution is 0.945. The Balaban J connectivity index is 0.00000225. The summed E-state index contributed by atoms with van der Waals surface area (Å²) in [5.74, 6) is 0.433. The summed E-state index contributed by atoms with van der Waals surface area (Å²) in [6.45, 7) is 6.91. The van der Waals surface area contributed by atoms with Crippen molar-refractivity contribution in [3.63, 3.8) is 0 Å². The summed E-state index contributed by atoms with van der Waals surface area (Å²) in [7, 11) is 0. The van der Waals surface area contributed by atoms with Crippen LogP contribution in [0.15, 0.2) is 29.3 Å². The second-order valence-electron chi connectivity index (χ2n) is 3.22. The fraction of sp³-hybridized carbons (Fsp3) is 0.300. The van der Waals surface area contributed by atoms with Gasteiger partial charge in [0.15, 0.2) is 5.96 Å². The first kappa shape index (κ1) is 15.7. The van der Waals surface area contributed by atoms with Gasteiger partial charge in [-0.25, -0.2) is 4.99 Å². The highest BCUT2D eigenvalue weighted by Crippen LogP contribution is 2.21. The second kappa shape index (κ2) is 7.92. The van der Waals surface area contributed by atoms with E-state index in [1.165, 1.54) is 11.3 Å². The molecule has 0 aliphatic heterocycles. The van der Waals surface area contributed by atoms with Gasteiger partial charge >= 0.3 is 0 Å². The van der Waals surface area contributed by atoms with Crippen LogP contribution in [0.4, 0.5) is 0 Å². The molecule has 0 aromatic carbocycles. The Hall–Kier alpha value is -0.270. The maximum atomic E-state index is 5.79. The zero-order valence-corrected chi connectivity index (χ0v) is 12.9. The second-order valence-corrected chi connectivity index (χ2v) is 5.02. The fourth-order valence-electron chi connectivity index (χ4n) is 0.897. The summed E-state index contributed by atoms with van der Waals surface area (Å²) in [6, 6.07) is 3.80. The Morgan fingerprint density at radius 1 is 1.62 bits per heavy atom. The van der Waals surface area contributed by atoms with Gasteiger partial charge in [0.1, 0.15) is 0 Å². The van der Waals surface area contributed by atoms with E-state index in [0.717, 1.165) is 14.8 Å². The summed E-state index contributed by atoms with van der Waals surface area (Å²) < 4.78 is 0.772. The van der Waals surface area contributed by atoms with Crippen LogP contribution in [0.25, 0.3) is 0 Å². The SMILES string of the molecule is C=C(C)CNC(N)=NCc1ccc(Cl)s1.I. The molecule has 0 bridgehead atoms. The van der Waals surface area contributed by atoms with Crippen LogP contribution in [0.2, 0.25) is 4.34 Å². The number of halogens is 2. The minimum absolute atomic E-state index is 0. The molecule has 0 radical (unpaired) electrons. The smallest absolute Gasteiger partial charge is 0.189 e. The summed E-state index contributed by atoms with van der Waals surface area (Å²) in [5.41, 5.74) is 6.67. The van der Waals surface area contributed by atoms with Gasteiger partial charge in [0.2, 0.25) is 0 Å². The van der Waals surface area contributed by atoms with Gasteiger partial charge in [0, 0.05) is 11.4 Å². The van der Waals surface area contributed by atoms with Crippen molar-refractivity contribution >= 4 is 52.9 Å². The molecule has 0 aliphatic rings. The lowest BCUT2D eigenvalue weighted by Crippen LogP contribution is -2.32. The Labute approximate surface area is 122 Å². The van der Waals surface area contributed by atoms with E-state index in [2.05, 4.69) is 16.9 Å². The molecular weight excluding hydrogens is 357 g/mol. The molecule has 0 saturated carbocycles. The number of hydrogen-bond acceptors (Lipinski definition) is 2. The van der Waals surface area contributed by atoms with Crippen molar-refractivity contribution in [2.45, 2.75) is 13.5 Å². The number of guanidine groups is 1. The molecule has 6 heteroatoms. The van der Waals surface area contributed by atoms with E-state index in [9.17, 15) is 0 Å². The Morgan fingerprint density at radius 2 is 2.31 bits per heavy atom. The zero-order chi connectivity index (χ0) is 11.3. The van der Waals surface area contributed by atoms with Crippen molar-refractivity contribution in [1.29, 1.82) is 0 Å². The van der Waals surface area contributed by atoms with Crippen LogP contribution in [-0.2, 0) is 6.54 Å². The Kier molecular flexibility index (Phi) is 7.78. The predicted molar refractivity (Wildman–Crippen MR) is 82.9 cm³/mol. The van der Waals surface area contributed by atoms with Crippen LogP contribution in [0.5, 0.6) is 0 Å². The molecule has 0 spiro atoms. The molecule has 1 heterocycles. The van der Waals surface area contributed by atoms with Crippen molar-refractivity contribution in [3.05, 3.63) is 33.5 Å². The van der Waals surface area contributed by atoms with Gasteiger partial charge < -0.3 is 11.1 Å². The molecule has 1 aromatic heterocycles. The highest BCUT2D eigenvalue weighted by Gasteiger charge is 1.97. The number of thiophene rings is 1. The minimum atomic E-state index is 0. The number of hydrogen-bond donors (Lipinski definition) is 2. The van der Waals surface area contributed by atoms with Gasteiger partial charge in [0.05, 0.1) is 10.9 Å². The van der Waals surface area contributed by atoms with Gasteiger partial charge in [0.25, 0.3) is 0 Å². The maximum absolute atomic E-state index is 5.79. The molecule has 0 saturated heterocycles. The summed E-state index contributed by atoms with van der Waals surface area (Å²) in [4.78, 5) is 5.27. The maximum Gasteiger partial charge on any atom is 0.189 e. The van der Waals surface area contributed by atoms with E-state index in [1.807, 2.05) is 19.1 Å². The molecule has 0 atom stereocenters. The summed E-state index contributed by atoms with van der Waals surface area (Å²) in [6.07, 6.45) is 0.